The molecule has 8 heteroatoms. The number of carbonyl (C=O) groups excluding carboxylic acids is 1. The third-order valence-electron chi connectivity index (χ3n) is 3.36. The molecule has 3 rings (SSSR count). The second kappa shape index (κ2) is 7.45. The summed E-state index contributed by atoms with van der Waals surface area (Å²) in [5.74, 6) is -2.23. The highest BCUT2D eigenvalue weighted by Crippen LogP contribution is 2.27. The minimum atomic E-state index is -0.842. The Morgan fingerprint density at radius 2 is 1.96 bits per heavy atom. The first-order chi connectivity index (χ1) is 12.4. The first-order valence-electron chi connectivity index (χ1n) is 7.39. The highest BCUT2D eigenvalue weighted by atomic mass is 35.5. The van der Waals surface area contributed by atoms with Crippen LogP contribution in [-0.4, -0.2) is 11.0 Å². The number of hydrogen-bond acceptors (Lipinski definition) is 4. The van der Waals surface area contributed by atoms with E-state index >= 15 is 0 Å². The average molecular weight is 380 g/mol. The zero-order chi connectivity index (χ0) is 18.7. The van der Waals surface area contributed by atoms with Gasteiger partial charge in [0.25, 0.3) is 5.91 Å². The zero-order valence-electron chi connectivity index (χ0n) is 13.1. The molecule has 0 aliphatic rings. The van der Waals surface area contributed by atoms with Crippen molar-refractivity contribution >= 4 is 23.2 Å². The van der Waals surface area contributed by atoms with E-state index in [4.69, 9.17) is 20.8 Å². The fraction of sp³-hybridized carbons (Fsp3) is 0.0556. The topological polar surface area (TPSA) is 71.7 Å². The lowest BCUT2D eigenvalue weighted by Gasteiger charge is -2.06. The van der Waals surface area contributed by atoms with Crippen molar-refractivity contribution in [2.24, 2.45) is 0 Å². The molecule has 1 amide bonds. The van der Waals surface area contributed by atoms with Crippen molar-refractivity contribution in [2.45, 2.75) is 6.61 Å². The predicted molar refractivity (Wildman–Crippen MR) is 90.5 cm³/mol. The summed E-state index contributed by atoms with van der Waals surface area (Å²) in [5, 5.41) is 12.5. The molecule has 0 atom stereocenters. The molecule has 0 aliphatic heterocycles. The summed E-state index contributed by atoms with van der Waals surface area (Å²) in [6, 6.07) is 10.0. The third kappa shape index (κ3) is 4.12. The number of nitrogens with one attached hydrogen (secondary N) is 1. The van der Waals surface area contributed by atoms with E-state index in [1.807, 2.05) is 0 Å². The fourth-order valence-corrected chi connectivity index (χ4v) is 2.28. The van der Waals surface area contributed by atoms with Crippen LogP contribution in [0.1, 0.15) is 16.3 Å². The number of benzene rings is 2. The Labute approximate surface area is 151 Å². The van der Waals surface area contributed by atoms with Gasteiger partial charge in [-0.3, -0.25) is 4.79 Å². The number of aromatic hydroxyl groups is 1. The monoisotopic (exact) mass is 379 g/mol. The Bertz CT molecular complexity index is 958. The second-order valence-electron chi connectivity index (χ2n) is 5.24. The molecule has 1 aromatic heterocycles. The molecule has 2 aromatic carbocycles. The van der Waals surface area contributed by atoms with Gasteiger partial charge in [0.15, 0.2) is 17.3 Å². The van der Waals surface area contributed by atoms with Crippen LogP contribution in [0.3, 0.4) is 0 Å². The van der Waals surface area contributed by atoms with Gasteiger partial charge in [-0.1, -0.05) is 11.6 Å². The molecule has 0 aliphatic carbocycles. The molecule has 134 valence electrons. The Hall–Kier alpha value is -3.06. The largest absolute Gasteiger partial charge is 0.506 e. The van der Waals surface area contributed by atoms with Crippen molar-refractivity contribution in [1.82, 2.24) is 0 Å². The van der Waals surface area contributed by atoms with Crippen LogP contribution >= 0.6 is 11.6 Å². The molecule has 1 heterocycles. The lowest BCUT2D eigenvalue weighted by molar-refractivity contribution is 0.0992. The number of phenolic OH excluding ortho intramolecular Hbond substituents is 1. The van der Waals surface area contributed by atoms with E-state index in [2.05, 4.69) is 5.32 Å². The molecule has 5 nitrogen and oxygen atoms in total. The number of halogens is 3. The number of rotatable bonds is 5. The number of ether oxygens (including phenoxy) is 1. The van der Waals surface area contributed by atoms with Crippen molar-refractivity contribution < 1.29 is 27.8 Å². The predicted octanol–water partition coefficient (Wildman–Crippen LogP) is 4.75. The van der Waals surface area contributed by atoms with Crippen molar-refractivity contribution in [2.75, 3.05) is 5.32 Å². The van der Waals surface area contributed by atoms with Gasteiger partial charge in [-0.15, -0.1) is 0 Å². The van der Waals surface area contributed by atoms with E-state index in [1.54, 1.807) is 0 Å². The van der Waals surface area contributed by atoms with Crippen LogP contribution in [0.2, 0.25) is 5.02 Å². The van der Waals surface area contributed by atoms with Crippen LogP contribution in [0, 0.1) is 11.6 Å². The van der Waals surface area contributed by atoms with Gasteiger partial charge in [0.2, 0.25) is 0 Å². The molecule has 0 fully saturated rings. The number of furan rings is 1. The maximum atomic E-state index is 13.5. The van der Waals surface area contributed by atoms with Crippen molar-refractivity contribution in [3.63, 3.8) is 0 Å². The molecular weight excluding hydrogens is 368 g/mol. The van der Waals surface area contributed by atoms with Gasteiger partial charge in [-0.25, -0.2) is 8.78 Å². The van der Waals surface area contributed by atoms with Crippen molar-refractivity contribution in [1.29, 1.82) is 0 Å². The van der Waals surface area contributed by atoms with Gasteiger partial charge in [0.1, 0.15) is 23.9 Å². The summed E-state index contributed by atoms with van der Waals surface area (Å²) in [6.45, 7) is -0.155. The van der Waals surface area contributed by atoms with E-state index in [0.717, 1.165) is 12.1 Å². The summed E-state index contributed by atoms with van der Waals surface area (Å²) >= 11 is 5.82. The number of phenols is 1. The Kier molecular flexibility index (Phi) is 5.09. The molecule has 2 N–H and O–H groups in total. The summed E-state index contributed by atoms with van der Waals surface area (Å²) in [4.78, 5) is 12.2. The van der Waals surface area contributed by atoms with Crippen LogP contribution in [0.15, 0.2) is 52.9 Å². The summed E-state index contributed by atoms with van der Waals surface area (Å²) < 4.78 is 36.9. The molecular formula is C18H12ClF2NO4. The Morgan fingerprint density at radius 3 is 2.73 bits per heavy atom. The highest BCUT2D eigenvalue weighted by molar-refractivity contribution is 6.31. The van der Waals surface area contributed by atoms with Gasteiger partial charge < -0.3 is 19.6 Å². The standard InChI is InChI=1S/C18H12ClF2NO4/c19-10-1-4-15(23)14(7-10)22-18(24)17-6-3-12(26-17)9-25-16-5-2-11(20)8-13(16)21/h1-8,23H,9H2,(H,22,24). The van der Waals surface area contributed by atoms with Crippen LogP contribution < -0.4 is 10.1 Å². The lowest BCUT2D eigenvalue weighted by atomic mass is 10.3. The third-order valence-corrected chi connectivity index (χ3v) is 3.59. The maximum absolute atomic E-state index is 13.5. The molecule has 0 radical (unpaired) electrons. The molecule has 26 heavy (non-hydrogen) atoms. The average Bonchev–Trinajstić information content (AvgIpc) is 3.06. The van der Waals surface area contributed by atoms with E-state index in [9.17, 15) is 18.7 Å². The highest BCUT2D eigenvalue weighted by Gasteiger charge is 2.14. The maximum Gasteiger partial charge on any atom is 0.291 e. The van der Waals surface area contributed by atoms with E-state index in [-0.39, 0.29) is 35.3 Å². The Balaban J connectivity index is 1.65. The van der Waals surface area contributed by atoms with Crippen LogP contribution in [-0.2, 0) is 6.61 Å². The summed E-state index contributed by atoms with van der Waals surface area (Å²) in [5.41, 5.74) is 0.130. The number of carbonyl (C=O) groups is 1. The zero-order valence-corrected chi connectivity index (χ0v) is 13.9. The van der Waals surface area contributed by atoms with Gasteiger partial charge in [0.05, 0.1) is 5.69 Å². The number of amides is 1. The smallest absolute Gasteiger partial charge is 0.291 e. The van der Waals surface area contributed by atoms with E-state index in [1.165, 1.54) is 30.3 Å². The minimum Gasteiger partial charge on any atom is -0.506 e. The SMILES string of the molecule is O=C(Nc1cc(Cl)ccc1O)c1ccc(COc2ccc(F)cc2F)o1. The van der Waals surface area contributed by atoms with E-state index < -0.39 is 17.5 Å². The normalized spacial score (nSPS) is 10.6. The molecule has 0 spiro atoms. The van der Waals surface area contributed by atoms with Gasteiger partial charge >= 0.3 is 0 Å². The quantitative estimate of drug-likeness (QED) is 0.628. The summed E-state index contributed by atoms with van der Waals surface area (Å²) in [7, 11) is 0. The van der Waals surface area contributed by atoms with Crippen LogP contribution in [0.4, 0.5) is 14.5 Å². The van der Waals surface area contributed by atoms with Crippen molar-refractivity contribution in [3.8, 4) is 11.5 Å². The van der Waals surface area contributed by atoms with E-state index in [0.29, 0.717) is 11.1 Å². The van der Waals surface area contributed by atoms with Crippen LogP contribution in [0.5, 0.6) is 11.5 Å². The van der Waals surface area contributed by atoms with Crippen molar-refractivity contribution in [3.05, 3.63) is 76.7 Å². The van der Waals surface area contributed by atoms with Gasteiger partial charge in [0, 0.05) is 11.1 Å². The molecule has 3 aromatic rings. The van der Waals surface area contributed by atoms with Crippen LogP contribution in [0.25, 0.3) is 0 Å². The fourth-order valence-electron chi connectivity index (χ4n) is 2.11. The number of hydrogen-bond donors (Lipinski definition) is 2. The minimum absolute atomic E-state index is 0.0393. The second-order valence-corrected chi connectivity index (χ2v) is 5.68. The van der Waals surface area contributed by atoms with Gasteiger partial charge in [-0.2, -0.15) is 0 Å². The lowest BCUT2D eigenvalue weighted by Crippen LogP contribution is -2.11. The summed E-state index contributed by atoms with van der Waals surface area (Å²) in [6.07, 6.45) is 0. The van der Waals surface area contributed by atoms with Gasteiger partial charge in [-0.05, 0) is 42.5 Å². The number of anilines is 1. The first-order valence-corrected chi connectivity index (χ1v) is 7.76. The molecule has 0 bridgehead atoms. The first kappa shape index (κ1) is 17.8. The molecule has 0 saturated heterocycles. The molecule has 0 saturated carbocycles. The molecule has 0 unspecified atom stereocenters. The Morgan fingerprint density at radius 1 is 1.15 bits per heavy atom.